The Kier molecular flexibility index (Phi) is 5.31. The lowest BCUT2D eigenvalue weighted by Crippen LogP contribution is -2.33. The Labute approximate surface area is 121 Å². The molecule has 1 saturated heterocycles. The number of hydrogen-bond donors (Lipinski definition) is 2. The zero-order valence-electron chi connectivity index (χ0n) is 11.0. The summed E-state index contributed by atoms with van der Waals surface area (Å²) in [7, 11) is 0. The van der Waals surface area contributed by atoms with Crippen LogP contribution < -0.4 is 10.6 Å². The highest BCUT2D eigenvalue weighted by molar-refractivity contribution is 6.33. The minimum absolute atomic E-state index is 0.0349. The summed E-state index contributed by atoms with van der Waals surface area (Å²) in [6.07, 6.45) is 3.16. The third kappa shape index (κ3) is 3.90. The Bertz CT molecular complexity index is 490. The van der Waals surface area contributed by atoms with E-state index in [1.165, 1.54) is 0 Å². The molecule has 3 nitrogen and oxygen atoms in total. The number of carbonyl (C=O) groups excluding carboxylic acids is 1. The molecular formula is C14H17ClF2N2O. The van der Waals surface area contributed by atoms with Gasteiger partial charge >= 0.3 is 0 Å². The quantitative estimate of drug-likeness (QED) is 0.840. The monoisotopic (exact) mass is 302 g/mol. The third-order valence-corrected chi connectivity index (χ3v) is 3.80. The van der Waals surface area contributed by atoms with E-state index in [-0.39, 0.29) is 10.6 Å². The normalized spacial score (nSPS) is 18.9. The Morgan fingerprint density at radius 2 is 2.15 bits per heavy atom. The highest BCUT2D eigenvalue weighted by atomic mass is 35.5. The molecule has 6 heteroatoms. The van der Waals surface area contributed by atoms with Gasteiger partial charge in [-0.25, -0.2) is 8.78 Å². The molecule has 1 aromatic carbocycles. The largest absolute Gasteiger partial charge is 0.352 e. The van der Waals surface area contributed by atoms with E-state index in [2.05, 4.69) is 10.6 Å². The van der Waals surface area contributed by atoms with E-state index in [4.69, 9.17) is 11.6 Å². The Morgan fingerprint density at radius 1 is 1.40 bits per heavy atom. The predicted molar refractivity (Wildman–Crippen MR) is 73.9 cm³/mol. The number of carbonyl (C=O) groups is 1. The molecule has 2 N–H and O–H groups in total. The second-order valence-electron chi connectivity index (χ2n) is 5.00. The highest BCUT2D eigenvalue weighted by Gasteiger charge is 2.16. The lowest BCUT2D eigenvalue weighted by Gasteiger charge is -2.22. The van der Waals surface area contributed by atoms with Gasteiger partial charge in [0.05, 0.1) is 10.6 Å². The van der Waals surface area contributed by atoms with Crippen molar-refractivity contribution in [2.45, 2.75) is 19.3 Å². The molecule has 0 saturated carbocycles. The first kappa shape index (κ1) is 15.2. The number of rotatable bonds is 4. The Balaban J connectivity index is 1.87. The second-order valence-corrected chi connectivity index (χ2v) is 5.41. The van der Waals surface area contributed by atoms with Crippen molar-refractivity contribution in [2.24, 2.45) is 5.92 Å². The number of hydrogen-bond acceptors (Lipinski definition) is 2. The van der Waals surface area contributed by atoms with E-state index in [1.54, 1.807) is 0 Å². The molecule has 1 aromatic rings. The molecule has 1 fully saturated rings. The van der Waals surface area contributed by atoms with Crippen molar-refractivity contribution >= 4 is 17.5 Å². The van der Waals surface area contributed by atoms with Crippen LogP contribution in [0.25, 0.3) is 0 Å². The minimum Gasteiger partial charge on any atom is -0.352 e. The number of piperidine rings is 1. The standard InChI is InChI=1S/C14H17ClF2N2O/c15-11-7-13(17)12(16)6-10(11)14(20)19-5-3-9-2-1-4-18-8-9/h6-7,9,18H,1-5,8H2,(H,19,20). The van der Waals surface area contributed by atoms with Crippen molar-refractivity contribution < 1.29 is 13.6 Å². The van der Waals surface area contributed by atoms with Gasteiger partial charge in [0.25, 0.3) is 5.91 Å². The summed E-state index contributed by atoms with van der Waals surface area (Å²) in [5.74, 6) is -2.06. The molecule has 0 radical (unpaired) electrons. The van der Waals surface area contributed by atoms with Crippen LogP contribution in [0.5, 0.6) is 0 Å². The molecule has 0 aliphatic carbocycles. The van der Waals surface area contributed by atoms with Gasteiger partial charge in [-0.1, -0.05) is 11.6 Å². The first-order chi connectivity index (χ1) is 9.58. The van der Waals surface area contributed by atoms with Crippen LogP contribution in [0.15, 0.2) is 12.1 Å². The molecule has 1 aliphatic rings. The fourth-order valence-electron chi connectivity index (χ4n) is 2.35. The van der Waals surface area contributed by atoms with E-state index in [0.29, 0.717) is 12.5 Å². The summed E-state index contributed by atoms with van der Waals surface area (Å²) >= 11 is 5.75. The van der Waals surface area contributed by atoms with E-state index >= 15 is 0 Å². The maximum absolute atomic E-state index is 13.1. The lowest BCUT2D eigenvalue weighted by molar-refractivity contribution is 0.0950. The van der Waals surface area contributed by atoms with Gasteiger partial charge in [0, 0.05) is 6.54 Å². The van der Waals surface area contributed by atoms with Crippen LogP contribution >= 0.6 is 11.6 Å². The fraction of sp³-hybridized carbons (Fsp3) is 0.500. The smallest absolute Gasteiger partial charge is 0.252 e. The highest BCUT2D eigenvalue weighted by Crippen LogP contribution is 2.20. The summed E-state index contributed by atoms with van der Waals surface area (Å²) in [6.45, 7) is 2.51. The van der Waals surface area contributed by atoms with Crippen molar-refractivity contribution in [3.05, 3.63) is 34.4 Å². The molecule has 1 amide bonds. The van der Waals surface area contributed by atoms with Crippen LogP contribution in [0.3, 0.4) is 0 Å². The number of benzene rings is 1. The van der Waals surface area contributed by atoms with Crippen LogP contribution in [0.1, 0.15) is 29.6 Å². The summed E-state index contributed by atoms with van der Waals surface area (Å²) in [6, 6.07) is 1.64. The fourth-order valence-corrected chi connectivity index (χ4v) is 2.59. The molecule has 1 heterocycles. The van der Waals surface area contributed by atoms with Crippen LogP contribution in [0, 0.1) is 17.6 Å². The first-order valence-corrected chi connectivity index (χ1v) is 7.09. The number of amides is 1. The van der Waals surface area contributed by atoms with Crippen molar-refractivity contribution in [2.75, 3.05) is 19.6 Å². The zero-order valence-corrected chi connectivity index (χ0v) is 11.8. The minimum atomic E-state index is -1.07. The van der Waals surface area contributed by atoms with Crippen molar-refractivity contribution in [3.63, 3.8) is 0 Å². The summed E-state index contributed by atoms with van der Waals surface area (Å²) < 4.78 is 26.0. The van der Waals surface area contributed by atoms with E-state index in [0.717, 1.165) is 44.5 Å². The van der Waals surface area contributed by atoms with E-state index in [1.807, 2.05) is 0 Å². The topological polar surface area (TPSA) is 41.1 Å². The molecule has 2 rings (SSSR count). The van der Waals surface area contributed by atoms with Crippen molar-refractivity contribution in [1.82, 2.24) is 10.6 Å². The lowest BCUT2D eigenvalue weighted by atomic mass is 9.96. The Morgan fingerprint density at radius 3 is 2.85 bits per heavy atom. The second kappa shape index (κ2) is 6.99. The van der Waals surface area contributed by atoms with Gasteiger partial charge in [0.15, 0.2) is 11.6 Å². The maximum atomic E-state index is 13.1. The average molecular weight is 303 g/mol. The van der Waals surface area contributed by atoms with Gasteiger partial charge in [0.1, 0.15) is 0 Å². The van der Waals surface area contributed by atoms with Crippen LogP contribution in [-0.4, -0.2) is 25.5 Å². The predicted octanol–water partition coefficient (Wildman–Crippen LogP) is 2.74. The van der Waals surface area contributed by atoms with Crippen LogP contribution in [0.2, 0.25) is 5.02 Å². The molecular weight excluding hydrogens is 286 g/mol. The first-order valence-electron chi connectivity index (χ1n) is 6.71. The van der Waals surface area contributed by atoms with Crippen LogP contribution in [0.4, 0.5) is 8.78 Å². The van der Waals surface area contributed by atoms with Gasteiger partial charge in [-0.2, -0.15) is 0 Å². The molecule has 0 spiro atoms. The van der Waals surface area contributed by atoms with Crippen molar-refractivity contribution in [3.8, 4) is 0 Å². The van der Waals surface area contributed by atoms with Crippen molar-refractivity contribution in [1.29, 1.82) is 0 Å². The van der Waals surface area contributed by atoms with Gasteiger partial charge in [-0.15, -0.1) is 0 Å². The molecule has 0 bridgehead atoms. The third-order valence-electron chi connectivity index (χ3n) is 3.49. The maximum Gasteiger partial charge on any atom is 0.252 e. The molecule has 0 aromatic heterocycles. The van der Waals surface area contributed by atoms with Gasteiger partial charge in [-0.3, -0.25) is 4.79 Å². The summed E-state index contributed by atoms with van der Waals surface area (Å²) in [5.41, 5.74) is -0.0349. The SMILES string of the molecule is O=C(NCCC1CCCNC1)c1cc(F)c(F)cc1Cl. The van der Waals surface area contributed by atoms with E-state index in [9.17, 15) is 13.6 Å². The molecule has 1 atom stereocenters. The van der Waals surface area contributed by atoms with Crippen LogP contribution in [-0.2, 0) is 0 Å². The zero-order chi connectivity index (χ0) is 14.5. The summed E-state index contributed by atoms with van der Waals surface area (Å²) in [5, 5.41) is 5.91. The van der Waals surface area contributed by atoms with E-state index < -0.39 is 17.5 Å². The van der Waals surface area contributed by atoms with Gasteiger partial charge < -0.3 is 10.6 Å². The molecule has 110 valence electrons. The number of nitrogens with one attached hydrogen (secondary N) is 2. The molecule has 1 aliphatic heterocycles. The average Bonchev–Trinajstić information content (AvgIpc) is 2.44. The molecule has 20 heavy (non-hydrogen) atoms. The Hall–Kier alpha value is -1.20. The summed E-state index contributed by atoms with van der Waals surface area (Å²) in [4.78, 5) is 11.9. The van der Waals surface area contributed by atoms with Gasteiger partial charge in [0.2, 0.25) is 0 Å². The van der Waals surface area contributed by atoms with Gasteiger partial charge in [-0.05, 0) is 50.4 Å². The number of halogens is 3. The molecule has 1 unspecified atom stereocenters.